The van der Waals surface area contributed by atoms with Gasteiger partial charge >= 0.3 is 11.9 Å². The molecular formula is C13H29N5O5. The van der Waals surface area contributed by atoms with E-state index in [9.17, 15) is 9.59 Å². The smallest absolute Gasteiger partial charge is 0.320 e. The molecule has 0 aliphatic heterocycles. The topological polar surface area (TPSA) is 197 Å². The fraction of sp³-hybridized carbons (Fsp3) is 0.769. The minimum atomic E-state index is -1.00. The monoisotopic (exact) mass is 335 g/mol. The van der Waals surface area contributed by atoms with Crippen LogP contribution in [-0.2, 0) is 9.59 Å². The second-order valence-electron chi connectivity index (χ2n) is 4.75. The lowest BCUT2D eigenvalue weighted by Crippen LogP contribution is -2.37. The number of rotatable bonds is 11. The number of aliphatic imine (C=N–C) groups is 1. The first-order chi connectivity index (χ1) is 10.8. The summed E-state index contributed by atoms with van der Waals surface area (Å²) < 4.78 is 0. The maximum Gasteiger partial charge on any atom is 0.320 e. The molecule has 0 amide bonds. The standard InChI is InChI=1S/C7H15NO3.C6H14N4O2/c1-2-4-8-6(3-5-9)7(10)11;7-4(5(11)12)2-1-3-10-6(8)9/h6,8-9H,2-5H2,1H3,(H,10,11);4H,1-3,7H2,(H,11,12)(H4,8,9,10). The number of carboxylic acids is 2. The number of hydrogen-bond donors (Lipinski definition) is 7. The highest BCUT2D eigenvalue weighted by atomic mass is 16.4. The minimum absolute atomic E-state index is 0.0129. The molecule has 136 valence electrons. The van der Waals surface area contributed by atoms with Gasteiger partial charge in [0.15, 0.2) is 5.96 Å². The Morgan fingerprint density at radius 2 is 1.78 bits per heavy atom. The fourth-order valence-corrected chi connectivity index (χ4v) is 1.40. The summed E-state index contributed by atoms with van der Waals surface area (Å²) in [5.74, 6) is -1.88. The van der Waals surface area contributed by atoms with Gasteiger partial charge in [-0.15, -0.1) is 0 Å². The number of guanidine groups is 1. The molecule has 0 bridgehead atoms. The summed E-state index contributed by atoms with van der Waals surface area (Å²) in [6.45, 7) is 2.97. The first-order valence-electron chi connectivity index (χ1n) is 7.37. The van der Waals surface area contributed by atoms with Crippen molar-refractivity contribution in [1.82, 2.24) is 5.32 Å². The average Bonchev–Trinajstić information content (AvgIpc) is 2.47. The molecule has 0 saturated carbocycles. The van der Waals surface area contributed by atoms with Gasteiger partial charge in [0.05, 0.1) is 0 Å². The second-order valence-corrected chi connectivity index (χ2v) is 4.75. The zero-order valence-electron chi connectivity index (χ0n) is 13.4. The summed E-state index contributed by atoms with van der Waals surface area (Å²) in [5, 5.41) is 28.2. The van der Waals surface area contributed by atoms with Gasteiger partial charge in [-0.1, -0.05) is 6.92 Å². The van der Waals surface area contributed by atoms with E-state index in [2.05, 4.69) is 10.3 Å². The number of carboxylic acid groups (broad SMARTS) is 2. The molecule has 0 aliphatic rings. The molecule has 0 rings (SSSR count). The molecule has 0 aliphatic carbocycles. The van der Waals surface area contributed by atoms with Gasteiger partial charge in [0, 0.05) is 13.2 Å². The molecule has 10 nitrogen and oxygen atoms in total. The Balaban J connectivity index is 0. The van der Waals surface area contributed by atoms with Gasteiger partial charge in [-0.3, -0.25) is 14.6 Å². The zero-order chi connectivity index (χ0) is 18.3. The molecule has 0 fully saturated rings. The van der Waals surface area contributed by atoms with Gasteiger partial charge in [-0.25, -0.2) is 0 Å². The van der Waals surface area contributed by atoms with Gasteiger partial charge < -0.3 is 37.8 Å². The Hall–Kier alpha value is -1.91. The Kier molecular flexibility index (Phi) is 15.2. The molecule has 0 heterocycles. The highest BCUT2D eigenvalue weighted by Gasteiger charge is 2.14. The Morgan fingerprint density at radius 1 is 1.17 bits per heavy atom. The molecule has 2 atom stereocenters. The van der Waals surface area contributed by atoms with Crippen molar-refractivity contribution >= 4 is 17.9 Å². The van der Waals surface area contributed by atoms with E-state index in [0.29, 0.717) is 25.9 Å². The summed E-state index contributed by atoms with van der Waals surface area (Å²) in [7, 11) is 0. The van der Waals surface area contributed by atoms with Crippen LogP contribution in [-0.4, -0.2) is 65.0 Å². The summed E-state index contributed by atoms with van der Waals surface area (Å²) in [6, 6.07) is -1.42. The van der Waals surface area contributed by atoms with Gasteiger partial charge in [0.2, 0.25) is 0 Å². The number of carbonyl (C=O) groups is 2. The maximum absolute atomic E-state index is 10.4. The summed E-state index contributed by atoms with van der Waals surface area (Å²) >= 11 is 0. The molecule has 2 unspecified atom stereocenters. The first-order valence-corrected chi connectivity index (χ1v) is 7.37. The van der Waals surface area contributed by atoms with E-state index in [0.717, 1.165) is 6.42 Å². The molecule has 0 radical (unpaired) electrons. The van der Waals surface area contributed by atoms with E-state index in [1.54, 1.807) is 0 Å². The Labute approximate surface area is 135 Å². The van der Waals surface area contributed by atoms with E-state index < -0.39 is 24.0 Å². The van der Waals surface area contributed by atoms with Crippen LogP contribution in [0.25, 0.3) is 0 Å². The maximum atomic E-state index is 10.4. The van der Waals surface area contributed by atoms with Crippen molar-refractivity contribution in [1.29, 1.82) is 0 Å². The van der Waals surface area contributed by atoms with Gasteiger partial charge in [0.1, 0.15) is 12.1 Å². The average molecular weight is 335 g/mol. The highest BCUT2D eigenvalue weighted by Crippen LogP contribution is 1.94. The van der Waals surface area contributed by atoms with Crippen LogP contribution in [0.15, 0.2) is 4.99 Å². The van der Waals surface area contributed by atoms with Crippen LogP contribution in [0.2, 0.25) is 0 Å². The number of nitrogens with zero attached hydrogens (tertiary/aromatic N) is 1. The third-order valence-corrected chi connectivity index (χ3v) is 2.64. The lowest BCUT2D eigenvalue weighted by Gasteiger charge is -2.11. The van der Waals surface area contributed by atoms with E-state index in [1.165, 1.54) is 0 Å². The molecule has 0 saturated heterocycles. The number of nitrogens with one attached hydrogen (secondary N) is 1. The first kappa shape index (κ1) is 23.4. The number of hydrogen-bond acceptors (Lipinski definition) is 6. The number of nitrogens with two attached hydrogens (primary N) is 3. The summed E-state index contributed by atoms with van der Waals surface area (Å²) in [5.41, 5.74) is 15.3. The number of aliphatic hydroxyl groups excluding tert-OH is 1. The SMILES string of the molecule is CCCNC(CCO)C(=O)O.NC(N)=NCCCC(N)C(=O)O. The van der Waals surface area contributed by atoms with E-state index in [1.807, 2.05) is 6.92 Å². The largest absolute Gasteiger partial charge is 0.480 e. The fourth-order valence-electron chi connectivity index (χ4n) is 1.40. The van der Waals surface area contributed by atoms with Crippen molar-refractivity contribution in [3.05, 3.63) is 0 Å². The van der Waals surface area contributed by atoms with Crippen LogP contribution >= 0.6 is 0 Å². The summed E-state index contributed by atoms with van der Waals surface area (Å²) in [4.78, 5) is 24.3. The molecule has 0 aromatic carbocycles. The molecule has 23 heavy (non-hydrogen) atoms. The van der Waals surface area contributed by atoms with Crippen LogP contribution in [0, 0.1) is 0 Å². The lowest BCUT2D eigenvalue weighted by molar-refractivity contribution is -0.140. The Morgan fingerprint density at radius 3 is 2.17 bits per heavy atom. The minimum Gasteiger partial charge on any atom is -0.480 e. The number of aliphatic carboxylic acids is 2. The van der Waals surface area contributed by atoms with Crippen LogP contribution in [0.4, 0.5) is 0 Å². The van der Waals surface area contributed by atoms with Gasteiger partial charge in [0.25, 0.3) is 0 Å². The molecular weight excluding hydrogens is 306 g/mol. The van der Waals surface area contributed by atoms with Crippen molar-refractivity contribution in [2.24, 2.45) is 22.2 Å². The van der Waals surface area contributed by atoms with Gasteiger partial charge in [-0.05, 0) is 32.2 Å². The molecule has 0 aromatic heterocycles. The normalized spacial score (nSPS) is 12.5. The molecule has 10 N–H and O–H groups in total. The van der Waals surface area contributed by atoms with Crippen molar-refractivity contribution in [3.8, 4) is 0 Å². The summed E-state index contributed by atoms with van der Waals surface area (Å²) in [6.07, 6.45) is 2.13. The van der Waals surface area contributed by atoms with Crippen LogP contribution in [0.5, 0.6) is 0 Å². The van der Waals surface area contributed by atoms with Gasteiger partial charge in [-0.2, -0.15) is 0 Å². The molecule has 0 aromatic rings. The molecule has 10 heteroatoms. The highest BCUT2D eigenvalue weighted by molar-refractivity contribution is 5.75. The van der Waals surface area contributed by atoms with E-state index in [-0.39, 0.29) is 19.0 Å². The van der Waals surface area contributed by atoms with Crippen LogP contribution in [0.1, 0.15) is 32.6 Å². The van der Waals surface area contributed by atoms with Crippen LogP contribution < -0.4 is 22.5 Å². The van der Waals surface area contributed by atoms with Crippen molar-refractivity contribution in [3.63, 3.8) is 0 Å². The predicted octanol–water partition coefficient (Wildman–Crippen LogP) is -1.73. The third-order valence-electron chi connectivity index (χ3n) is 2.64. The van der Waals surface area contributed by atoms with Crippen LogP contribution in [0.3, 0.4) is 0 Å². The zero-order valence-corrected chi connectivity index (χ0v) is 13.4. The number of aliphatic hydroxyl groups is 1. The van der Waals surface area contributed by atoms with Crippen molar-refractivity contribution in [2.75, 3.05) is 19.7 Å². The Bertz CT molecular complexity index is 361. The quantitative estimate of drug-likeness (QED) is 0.130. The van der Waals surface area contributed by atoms with Crippen molar-refractivity contribution < 1.29 is 24.9 Å². The lowest BCUT2D eigenvalue weighted by atomic mass is 10.2. The molecule has 0 spiro atoms. The second kappa shape index (κ2) is 15.0. The third kappa shape index (κ3) is 16.3. The predicted molar refractivity (Wildman–Crippen MR) is 86.9 cm³/mol. The van der Waals surface area contributed by atoms with Crippen molar-refractivity contribution in [2.45, 2.75) is 44.7 Å². The van der Waals surface area contributed by atoms with E-state index in [4.69, 9.17) is 32.5 Å². The van der Waals surface area contributed by atoms with E-state index >= 15 is 0 Å².